The van der Waals surface area contributed by atoms with Crippen LogP contribution in [-0.2, 0) is 0 Å². The maximum Gasteiger partial charge on any atom is 0.0624 e. The van der Waals surface area contributed by atoms with Crippen LogP contribution in [0.15, 0.2) is 0 Å². The third kappa shape index (κ3) is 5.36. The molecule has 0 aromatic carbocycles. The van der Waals surface area contributed by atoms with Crippen LogP contribution in [-0.4, -0.2) is 0 Å². The molecular formula is C8H15N. The number of hydrogen-bond donors (Lipinski definition) is 0. The van der Waals surface area contributed by atoms with Gasteiger partial charge in [0.05, 0.1) is 6.07 Å². The van der Waals surface area contributed by atoms with Crippen molar-refractivity contribution < 1.29 is 0 Å². The van der Waals surface area contributed by atoms with Gasteiger partial charge in [-0.15, -0.1) is 0 Å². The Balaban J connectivity index is 3.29. The third-order valence-corrected chi connectivity index (χ3v) is 1.31. The molecule has 0 heterocycles. The molecule has 0 amide bonds. The highest BCUT2D eigenvalue weighted by Gasteiger charge is 2.02. The molecule has 9 heavy (non-hydrogen) atoms. The van der Waals surface area contributed by atoms with Crippen molar-refractivity contribution in [3.05, 3.63) is 0 Å². The SMILES string of the molecule is CC(C)CC(C)CC#N. The zero-order valence-electron chi connectivity index (χ0n) is 6.52. The lowest BCUT2D eigenvalue weighted by molar-refractivity contribution is 0.446. The molecular weight excluding hydrogens is 110 g/mol. The molecule has 0 aromatic heterocycles. The summed E-state index contributed by atoms with van der Waals surface area (Å²) in [6.45, 7) is 6.50. The van der Waals surface area contributed by atoms with E-state index in [9.17, 15) is 0 Å². The number of nitriles is 1. The molecule has 1 heteroatoms. The van der Waals surface area contributed by atoms with E-state index in [1.54, 1.807) is 0 Å². The van der Waals surface area contributed by atoms with E-state index in [0.717, 1.165) is 5.92 Å². The Kier molecular flexibility index (Phi) is 4.13. The molecule has 0 saturated heterocycles. The summed E-state index contributed by atoms with van der Waals surface area (Å²) in [4.78, 5) is 0. The molecule has 0 spiro atoms. The van der Waals surface area contributed by atoms with E-state index in [4.69, 9.17) is 5.26 Å². The van der Waals surface area contributed by atoms with Crippen LogP contribution in [0.3, 0.4) is 0 Å². The highest BCUT2D eigenvalue weighted by molar-refractivity contribution is 4.73. The van der Waals surface area contributed by atoms with Gasteiger partial charge in [0, 0.05) is 6.42 Å². The third-order valence-electron chi connectivity index (χ3n) is 1.31. The first kappa shape index (κ1) is 8.49. The van der Waals surface area contributed by atoms with Crippen LogP contribution in [0.2, 0.25) is 0 Å². The maximum atomic E-state index is 8.30. The van der Waals surface area contributed by atoms with Gasteiger partial charge in [-0.05, 0) is 18.3 Å². The second-order valence-corrected chi connectivity index (χ2v) is 3.10. The van der Waals surface area contributed by atoms with E-state index in [2.05, 4.69) is 26.8 Å². The Hall–Kier alpha value is -0.510. The quantitative estimate of drug-likeness (QED) is 0.568. The molecule has 0 aliphatic rings. The first-order valence-corrected chi connectivity index (χ1v) is 3.53. The van der Waals surface area contributed by atoms with Gasteiger partial charge in [0.1, 0.15) is 0 Å². The fourth-order valence-corrected chi connectivity index (χ4v) is 1.04. The van der Waals surface area contributed by atoms with E-state index in [0.29, 0.717) is 12.3 Å². The van der Waals surface area contributed by atoms with Gasteiger partial charge in [0.25, 0.3) is 0 Å². The summed E-state index contributed by atoms with van der Waals surface area (Å²) in [7, 11) is 0. The Morgan fingerprint density at radius 1 is 1.33 bits per heavy atom. The van der Waals surface area contributed by atoms with Gasteiger partial charge in [0.2, 0.25) is 0 Å². The van der Waals surface area contributed by atoms with Crippen molar-refractivity contribution in [2.75, 3.05) is 0 Å². The summed E-state index contributed by atoms with van der Waals surface area (Å²) < 4.78 is 0. The van der Waals surface area contributed by atoms with Crippen molar-refractivity contribution in [1.29, 1.82) is 5.26 Å². The zero-order chi connectivity index (χ0) is 7.28. The molecule has 0 radical (unpaired) electrons. The van der Waals surface area contributed by atoms with Crippen LogP contribution in [0.25, 0.3) is 0 Å². The zero-order valence-corrected chi connectivity index (χ0v) is 6.52. The summed E-state index contributed by atoms with van der Waals surface area (Å²) in [5.41, 5.74) is 0. The second kappa shape index (κ2) is 4.38. The molecule has 0 rings (SSSR count). The molecule has 0 aromatic rings. The van der Waals surface area contributed by atoms with E-state index >= 15 is 0 Å². The van der Waals surface area contributed by atoms with E-state index in [1.165, 1.54) is 6.42 Å². The van der Waals surface area contributed by atoms with Gasteiger partial charge in [0.15, 0.2) is 0 Å². The molecule has 0 bridgehead atoms. The predicted octanol–water partition coefficient (Wildman–Crippen LogP) is 2.58. The van der Waals surface area contributed by atoms with Crippen LogP contribution in [0.1, 0.15) is 33.6 Å². The molecule has 0 N–H and O–H groups in total. The highest BCUT2D eigenvalue weighted by Crippen LogP contribution is 2.12. The minimum absolute atomic E-state index is 0.579. The van der Waals surface area contributed by atoms with Crippen LogP contribution < -0.4 is 0 Å². The lowest BCUT2D eigenvalue weighted by Gasteiger charge is -2.08. The summed E-state index contributed by atoms with van der Waals surface area (Å²) in [5, 5.41) is 8.30. The predicted molar refractivity (Wildman–Crippen MR) is 38.8 cm³/mol. The molecule has 0 aliphatic heterocycles. The van der Waals surface area contributed by atoms with E-state index in [1.807, 2.05) is 0 Å². The van der Waals surface area contributed by atoms with Gasteiger partial charge in [-0.1, -0.05) is 20.8 Å². The monoisotopic (exact) mass is 125 g/mol. The van der Waals surface area contributed by atoms with Crippen LogP contribution in [0.4, 0.5) is 0 Å². The molecule has 52 valence electrons. The van der Waals surface area contributed by atoms with Crippen LogP contribution >= 0.6 is 0 Å². The Labute approximate surface area is 57.7 Å². The normalized spacial score (nSPS) is 13.2. The standard InChI is InChI=1S/C8H15N/c1-7(2)6-8(3)4-5-9/h7-8H,4,6H2,1-3H3. The van der Waals surface area contributed by atoms with Gasteiger partial charge in [-0.2, -0.15) is 5.26 Å². The minimum Gasteiger partial charge on any atom is -0.198 e. The molecule has 0 saturated carbocycles. The molecule has 1 atom stereocenters. The summed E-state index contributed by atoms with van der Waals surface area (Å²) in [6, 6.07) is 2.17. The van der Waals surface area contributed by atoms with Crippen molar-refractivity contribution in [3.63, 3.8) is 0 Å². The first-order chi connectivity index (χ1) is 4.16. The molecule has 0 fully saturated rings. The van der Waals surface area contributed by atoms with Gasteiger partial charge < -0.3 is 0 Å². The smallest absolute Gasteiger partial charge is 0.0624 e. The van der Waals surface area contributed by atoms with Crippen molar-refractivity contribution in [2.45, 2.75) is 33.6 Å². The van der Waals surface area contributed by atoms with E-state index in [-0.39, 0.29) is 0 Å². The first-order valence-electron chi connectivity index (χ1n) is 3.53. The van der Waals surface area contributed by atoms with Crippen LogP contribution in [0, 0.1) is 23.2 Å². The number of hydrogen-bond acceptors (Lipinski definition) is 1. The average molecular weight is 125 g/mol. The van der Waals surface area contributed by atoms with Gasteiger partial charge >= 0.3 is 0 Å². The van der Waals surface area contributed by atoms with Crippen molar-refractivity contribution in [2.24, 2.45) is 11.8 Å². The minimum atomic E-state index is 0.579. The number of rotatable bonds is 3. The van der Waals surface area contributed by atoms with Crippen molar-refractivity contribution in [1.82, 2.24) is 0 Å². The topological polar surface area (TPSA) is 23.8 Å². The summed E-state index contributed by atoms with van der Waals surface area (Å²) in [6.07, 6.45) is 1.88. The Bertz CT molecular complexity index is 99.6. The Morgan fingerprint density at radius 3 is 2.22 bits per heavy atom. The van der Waals surface area contributed by atoms with Gasteiger partial charge in [-0.25, -0.2) is 0 Å². The van der Waals surface area contributed by atoms with E-state index < -0.39 is 0 Å². The second-order valence-electron chi connectivity index (χ2n) is 3.10. The summed E-state index contributed by atoms with van der Waals surface area (Å²) >= 11 is 0. The fraction of sp³-hybridized carbons (Fsp3) is 0.875. The highest BCUT2D eigenvalue weighted by atomic mass is 14.2. The van der Waals surface area contributed by atoms with Crippen LogP contribution in [0.5, 0.6) is 0 Å². The number of nitrogens with zero attached hydrogens (tertiary/aromatic N) is 1. The van der Waals surface area contributed by atoms with Crippen molar-refractivity contribution in [3.8, 4) is 6.07 Å². The fourth-order valence-electron chi connectivity index (χ4n) is 1.04. The largest absolute Gasteiger partial charge is 0.198 e. The lowest BCUT2D eigenvalue weighted by Crippen LogP contribution is -1.98. The summed E-state index contributed by atoms with van der Waals surface area (Å²) in [5.74, 6) is 1.31. The molecule has 1 unspecified atom stereocenters. The Morgan fingerprint density at radius 2 is 1.89 bits per heavy atom. The lowest BCUT2D eigenvalue weighted by atomic mass is 9.97. The maximum absolute atomic E-state index is 8.30. The molecule has 1 nitrogen and oxygen atoms in total. The average Bonchev–Trinajstić information content (AvgIpc) is 1.63. The van der Waals surface area contributed by atoms with Crippen molar-refractivity contribution >= 4 is 0 Å². The van der Waals surface area contributed by atoms with Gasteiger partial charge in [-0.3, -0.25) is 0 Å². The molecule has 0 aliphatic carbocycles.